The number of carbonyl (C=O) groups is 2. The third-order valence-corrected chi connectivity index (χ3v) is 4.92. The van der Waals surface area contributed by atoms with Crippen molar-refractivity contribution in [2.24, 2.45) is 0 Å². The van der Waals surface area contributed by atoms with Crippen molar-refractivity contribution in [2.75, 3.05) is 26.8 Å². The van der Waals surface area contributed by atoms with Crippen LogP contribution in [0.25, 0.3) is 0 Å². The Morgan fingerprint density at radius 3 is 2.68 bits per heavy atom. The molecule has 3 rings (SSSR count). The van der Waals surface area contributed by atoms with Crippen LogP contribution in [-0.4, -0.2) is 55.7 Å². The second-order valence-corrected chi connectivity index (χ2v) is 6.66. The van der Waals surface area contributed by atoms with Gasteiger partial charge in [-0.1, -0.05) is 18.2 Å². The van der Waals surface area contributed by atoms with Gasteiger partial charge in [-0.2, -0.15) is 0 Å². The lowest BCUT2D eigenvalue weighted by molar-refractivity contribution is -0.142. The van der Waals surface area contributed by atoms with Crippen LogP contribution in [-0.2, 0) is 20.7 Å². The van der Waals surface area contributed by atoms with Crippen molar-refractivity contribution in [1.29, 1.82) is 0 Å². The van der Waals surface area contributed by atoms with Crippen LogP contribution in [0, 0.1) is 0 Å². The van der Waals surface area contributed by atoms with Crippen LogP contribution in [0.2, 0.25) is 0 Å². The third kappa shape index (κ3) is 4.51. The highest BCUT2D eigenvalue weighted by atomic mass is 16.5. The SMILES string of the molecule is COc1ccccc1CC(=O)NC1CCN(C(=O)C2CCCO2)CC1. The summed E-state index contributed by atoms with van der Waals surface area (Å²) in [4.78, 5) is 26.5. The Morgan fingerprint density at radius 2 is 2.00 bits per heavy atom. The zero-order chi connectivity index (χ0) is 17.6. The average molecular weight is 346 g/mol. The molecule has 2 aliphatic rings. The smallest absolute Gasteiger partial charge is 0.251 e. The van der Waals surface area contributed by atoms with Gasteiger partial charge in [0.05, 0.1) is 13.5 Å². The van der Waals surface area contributed by atoms with E-state index in [0.29, 0.717) is 26.1 Å². The molecule has 2 heterocycles. The van der Waals surface area contributed by atoms with Crippen LogP contribution >= 0.6 is 0 Å². The predicted molar refractivity (Wildman–Crippen MR) is 93.4 cm³/mol. The van der Waals surface area contributed by atoms with E-state index in [0.717, 1.165) is 37.0 Å². The van der Waals surface area contributed by atoms with E-state index in [1.807, 2.05) is 29.2 Å². The lowest BCUT2D eigenvalue weighted by Gasteiger charge is -2.33. The number of nitrogens with one attached hydrogen (secondary N) is 1. The summed E-state index contributed by atoms with van der Waals surface area (Å²) in [5.74, 6) is 0.833. The van der Waals surface area contributed by atoms with Gasteiger partial charge in [0.15, 0.2) is 0 Å². The molecule has 0 bridgehead atoms. The van der Waals surface area contributed by atoms with Crippen molar-refractivity contribution < 1.29 is 19.1 Å². The summed E-state index contributed by atoms with van der Waals surface area (Å²) < 4.78 is 10.8. The molecule has 0 aromatic heterocycles. The van der Waals surface area contributed by atoms with E-state index in [2.05, 4.69) is 5.32 Å². The summed E-state index contributed by atoms with van der Waals surface area (Å²) in [5, 5.41) is 3.08. The first-order valence-corrected chi connectivity index (χ1v) is 8.99. The number of amides is 2. The molecule has 2 amide bonds. The molecule has 1 atom stereocenters. The van der Waals surface area contributed by atoms with Crippen molar-refractivity contribution in [1.82, 2.24) is 10.2 Å². The number of methoxy groups -OCH3 is 1. The topological polar surface area (TPSA) is 67.9 Å². The number of rotatable bonds is 5. The molecule has 0 radical (unpaired) electrons. The number of nitrogens with zero attached hydrogens (tertiary/aromatic N) is 1. The third-order valence-electron chi connectivity index (χ3n) is 4.92. The quantitative estimate of drug-likeness (QED) is 0.878. The van der Waals surface area contributed by atoms with Gasteiger partial charge in [0, 0.05) is 31.3 Å². The molecule has 1 aromatic rings. The standard InChI is InChI=1S/C19H26N2O4/c1-24-16-6-3-2-5-14(16)13-18(22)20-15-8-10-21(11-9-15)19(23)17-7-4-12-25-17/h2-3,5-6,15,17H,4,7-13H2,1H3,(H,20,22). The fraction of sp³-hybridized carbons (Fsp3) is 0.579. The van der Waals surface area contributed by atoms with E-state index < -0.39 is 0 Å². The molecule has 0 spiro atoms. The average Bonchev–Trinajstić information content (AvgIpc) is 3.17. The summed E-state index contributed by atoms with van der Waals surface area (Å²) in [6, 6.07) is 7.68. The monoisotopic (exact) mass is 346 g/mol. The summed E-state index contributed by atoms with van der Waals surface area (Å²) in [7, 11) is 1.61. The molecule has 1 unspecified atom stereocenters. The van der Waals surface area contributed by atoms with Crippen LogP contribution in [0.5, 0.6) is 5.75 Å². The van der Waals surface area contributed by atoms with Crippen molar-refractivity contribution in [2.45, 2.75) is 44.2 Å². The number of carbonyl (C=O) groups excluding carboxylic acids is 2. The molecule has 25 heavy (non-hydrogen) atoms. The molecule has 2 saturated heterocycles. The van der Waals surface area contributed by atoms with E-state index >= 15 is 0 Å². The summed E-state index contributed by atoms with van der Waals surface area (Å²) in [6.45, 7) is 2.04. The van der Waals surface area contributed by atoms with Gasteiger partial charge in [0.1, 0.15) is 11.9 Å². The van der Waals surface area contributed by atoms with E-state index in [4.69, 9.17) is 9.47 Å². The summed E-state index contributed by atoms with van der Waals surface area (Å²) >= 11 is 0. The van der Waals surface area contributed by atoms with E-state index in [-0.39, 0.29) is 24.0 Å². The van der Waals surface area contributed by atoms with Crippen LogP contribution in [0.15, 0.2) is 24.3 Å². The normalized spacial score (nSPS) is 21.2. The first kappa shape index (κ1) is 17.7. The minimum Gasteiger partial charge on any atom is -0.496 e. The van der Waals surface area contributed by atoms with Crippen molar-refractivity contribution in [3.8, 4) is 5.75 Å². The zero-order valence-electron chi connectivity index (χ0n) is 14.7. The number of piperidine rings is 1. The van der Waals surface area contributed by atoms with Gasteiger partial charge in [-0.25, -0.2) is 0 Å². The highest BCUT2D eigenvalue weighted by Gasteiger charge is 2.31. The Balaban J connectivity index is 1.45. The Bertz CT molecular complexity index is 605. The van der Waals surface area contributed by atoms with E-state index in [9.17, 15) is 9.59 Å². The fourth-order valence-corrected chi connectivity index (χ4v) is 3.52. The molecule has 6 heteroatoms. The van der Waals surface area contributed by atoms with Crippen molar-refractivity contribution in [3.05, 3.63) is 29.8 Å². The van der Waals surface area contributed by atoms with Gasteiger partial charge in [0.25, 0.3) is 5.91 Å². The number of benzene rings is 1. The van der Waals surface area contributed by atoms with E-state index in [1.54, 1.807) is 7.11 Å². The molecule has 1 aromatic carbocycles. The second kappa shape index (κ2) is 8.34. The maximum absolute atomic E-state index is 12.3. The number of hydrogen-bond donors (Lipinski definition) is 1. The summed E-state index contributed by atoms with van der Waals surface area (Å²) in [6.07, 6.45) is 3.42. The molecule has 6 nitrogen and oxygen atoms in total. The van der Waals surface area contributed by atoms with Crippen LogP contribution in [0.1, 0.15) is 31.2 Å². The van der Waals surface area contributed by atoms with Crippen LogP contribution < -0.4 is 10.1 Å². The highest BCUT2D eigenvalue weighted by molar-refractivity contribution is 5.81. The second-order valence-electron chi connectivity index (χ2n) is 6.66. The number of para-hydroxylation sites is 1. The first-order valence-electron chi connectivity index (χ1n) is 8.99. The van der Waals surface area contributed by atoms with Crippen molar-refractivity contribution >= 4 is 11.8 Å². The molecule has 0 aliphatic carbocycles. The molecule has 1 N–H and O–H groups in total. The highest BCUT2D eigenvalue weighted by Crippen LogP contribution is 2.20. The number of hydrogen-bond acceptors (Lipinski definition) is 4. The maximum Gasteiger partial charge on any atom is 0.251 e. The van der Waals surface area contributed by atoms with Gasteiger partial charge in [0.2, 0.25) is 5.91 Å². The largest absolute Gasteiger partial charge is 0.496 e. The van der Waals surface area contributed by atoms with Gasteiger partial charge in [-0.3, -0.25) is 9.59 Å². The maximum atomic E-state index is 12.3. The predicted octanol–water partition coefficient (Wildman–Crippen LogP) is 1.52. The first-order chi connectivity index (χ1) is 12.2. The summed E-state index contributed by atoms with van der Waals surface area (Å²) in [5.41, 5.74) is 0.883. The number of likely N-dealkylation sites (tertiary alicyclic amines) is 1. The Labute approximate surface area is 148 Å². The van der Waals surface area contributed by atoms with Crippen LogP contribution in [0.3, 0.4) is 0 Å². The van der Waals surface area contributed by atoms with Gasteiger partial charge in [-0.15, -0.1) is 0 Å². The Kier molecular flexibility index (Phi) is 5.91. The zero-order valence-corrected chi connectivity index (χ0v) is 14.7. The van der Waals surface area contributed by atoms with Gasteiger partial charge >= 0.3 is 0 Å². The minimum atomic E-state index is -0.253. The molecule has 2 fully saturated rings. The van der Waals surface area contributed by atoms with Gasteiger partial charge in [-0.05, 0) is 31.7 Å². The van der Waals surface area contributed by atoms with Crippen molar-refractivity contribution in [3.63, 3.8) is 0 Å². The minimum absolute atomic E-state index is 0.00611. The number of ether oxygens (including phenoxy) is 2. The lowest BCUT2D eigenvalue weighted by atomic mass is 10.0. The van der Waals surface area contributed by atoms with Gasteiger partial charge < -0.3 is 19.7 Å². The van der Waals surface area contributed by atoms with E-state index in [1.165, 1.54) is 0 Å². The lowest BCUT2D eigenvalue weighted by Crippen LogP contribution is -2.49. The molecular formula is C19H26N2O4. The Morgan fingerprint density at radius 1 is 1.24 bits per heavy atom. The molecule has 2 aliphatic heterocycles. The Hall–Kier alpha value is -2.08. The fourth-order valence-electron chi connectivity index (χ4n) is 3.52. The molecule has 0 saturated carbocycles. The molecule has 136 valence electrons. The molecular weight excluding hydrogens is 320 g/mol. The van der Waals surface area contributed by atoms with Crippen LogP contribution in [0.4, 0.5) is 0 Å².